The second kappa shape index (κ2) is 12.6. The van der Waals surface area contributed by atoms with Gasteiger partial charge in [0.2, 0.25) is 0 Å². The minimum absolute atomic E-state index is 0.226. The lowest BCUT2D eigenvalue weighted by Crippen LogP contribution is -2.51. The Labute approximate surface area is 224 Å². The molecule has 1 atom stereocenters. The first-order chi connectivity index (χ1) is 18.5. The number of rotatable bonds is 10. The Balaban J connectivity index is 1.56. The Morgan fingerprint density at radius 3 is 2.16 bits per heavy atom. The molecule has 6 heteroatoms. The maximum atomic E-state index is 13.8. The van der Waals surface area contributed by atoms with E-state index in [-0.39, 0.29) is 11.8 Å². The number of hydrazine groups is 1. The minimum Gasteiger partial charge on any atom is -0.497 e. The number of benzene rings is 4. The second-order valence-electron chi connectivity index (χ2n) is 9.09. The highest BCUT2D eigenvalue weighted by molar-refractivity contribution is 5.98. The first-order valence-corrected chi connectivity index (χ1v) is 12.7. The molecule has 0 saturated carbocycles. The standard InChI is InChI=1S/C32H33N3O3/c1-4-35(34-28-17-19-29(38-3)20-18-28)32(37)30(33-31(36)27-12-8-9-23(2)21-27)22-24-13-15-26(16-14-24)25-10-6-5-7-11-25/h5-21,30,34H,4,22H2,1-3H3,(H,33,36). The van der Waals surface area contributed by atoms with E-state index in [2.05, 4.69) is 22.9 Å². The van der Waals surface area contributed by atoms with Crippen LogP contribution in [0.15, 0.2) is 103 Å². The van der Waals surface area contributed by atoms with Gasteiger partial charge in [-0.15, -0.1) is 0 Å². The van der Waals surface area contributed by atoms with E-state index in [1.165, 1.54) is 5.01 Å². The van der Waals surface area contributed by atoms with Crippen LogP contribution in [0.4, 0.5) is 5.69 Å². The van der Waals surface area contributed by atoms with E-state index in [9.17, 15) is 9.59 Å². The van der Waals surface area contributed by atoms with Crippen LogP contribution in [0.2, 0.25) is 0 Å². The Hall–Kier alpha value is -4.58. The maximum Gasteiger partial charge on any atom is 0.263 e. The molecule has 0 aliphatic carbocycles. The van der Waals surface area contributed by atoms with E-state index in [1.807, 2.05) is 98.8 Å². The van der Waals surface area contributed by atoms with Crippen molar-refractivity contribution >= 4 is 17.5 Å². The average Bonchev–Trinajstić information content (AvgIpc) is 2.96. The fourth-order valence-electron chi connectivity index (χ4n) is 4.23. The molecule has 0 heterocycles. The van der Waals surface area contributed by atoms with Gasteiger partial charge in [-0.3, -0.25) is 20.0 Å². The lowest BCUT2D eigenvalue weighted by Gasteiger charge is -2.28. The number of carbonyl (C=O) groups excluding carboxylic acids is 2. The van der Waals surface area contributed by atoms with Crippen LogP contribution >= 0.6 is 0 Å². The molecule has 38 heavy (non-hydrogen) atoms. The third-order valence-electron chi connectivity index (χ3n) is 6.32. The summed E-state index contributed by atoms with van der Waals surface area (Å²) in [5.41, 5.74) is 8.60. The van der Waals surface area contributed by atoms with Gasteiger partial charge in [-0.1, -0.05) is 72.3 Å². The van der Waals surface area contributed by atoms with E-state index in [0.717, 1.165) is 33.7 Å². The number of carbonyl (C=O) groups is 2. The van der Waals surface area contributed by atoms with Crippen LogP contribution in [0.5, 0.6) is 5.75 Å². The molecule has 4 aromatic carbocycles. The van der Waals surface area contributed by atoms with Crippen molar-refractivity contribution in [2.75, 3.05) is 19.1 Å². The Bertz CT molecular complexity index is 1350. The first kappa shape index (κ1) is 26.5. The van der Waals surface area contributed by atoms with Gasteiger partial charge in [0.05, 0.1) is 12.8 Å². The molecule has 194 valence electrons. The van der Waals surface area contributed by atoms with Crippen LogP contribution in [-0.4, -0.2) is 36.5 Å². The van der Waals surface area contributed by atoms with Gasteiger partial charge in [-0.25, -0.2) is 0 Å². The molecule has 2 N–H and O–H groups in total. The minimum atomic E-state index is -0.767. The number of hydrogen-bond acceptors (Lipinski definition) is 4. The third-order valence-corrected chi connectivity index (χ3v) is 6.32. The van der Waals surface area contributed by atoms with Crippen molar-refractivity contribution in [1.29, 1.82) is 0 Å². The molecule has 6 nitrogen and oxygen atoms in total. The SMILES string of the molecule is CCN(Nc1ccc(OC)cc1)C(=O)C(Cc1ccc(-c2ccccc2)cc1)NC(=O)c1cccc(C)c1. The number of methoxy groups -OCH3 is 1. The number of anilines is 1. The van der Waals surface area contributed by atoms with Gasteiger partial charge in [0, 0.05) is 18.5 Å². The second-order valence-corrected chi connectivity index (χ2v) is 9.09. The molecule has 4 rings (SSSR count). The molecule has 0 spiro atoms. The predicted octanol–water partition coefficient (Wildman–Crippen LogP) is 5.89. The molecular weight excluding hydrogens is 474 g/mol. The van der Waals surface area contributed by atoms with Gasteiger partial charge in [-0.2, -0.15) is 0 Å². The summed E-state index contributed by atoms with van der Waals surface area (Å²) in [6.07, 6.45) is 0.353. The Morgan fingerprint density at radius 2 is 1.53 bits per heavy atom. The molecule has 1 unspecified atom stereocenters. The summed E-state index contributed by atoms with van der Waals surface area (Å²) >= 11 is 0. The van der Waals surface area contributed by atoms with Crippen LogP contribution in [0, 0.1) is 6.92 Å². The van der Waals surface area contributed by atoms with Crippen molar-refractivity contribution in [3.8, 4) is 16.9 Å². The van der Waals surface area contributed by atoms with Crippen LogP contribution in [0.25, 0.3) is 11.1 Å². The zero-order valence-electron chi connectivity index (χ0n) is 22.0. The quantitative estimate of drug-likeness (QED) is 0.263. The highest BCUT2D eigenvalue weighted by atomic mass is 16.5. The highest BCUT2D eigenvalue weighted by Crippen LogP contribution is 2.21. The van der Waals surface area contributed by atoms with Gasteiger partial charge >= 0.3 is 0 Å². The largest absolute Gasteiger partial charge is 0.497 e. The number of aryl methyl sites for hydroxylation is 1. The summed E-state index contributed by atoms with van der Waals surface area (Å²) in [5.74, 6) is 0.220. The average molecular weight is 508 g/mol. The molecular formula is C32H33N3O3. The first-order valence-electron chi connectivity index (χ1n) is 12.7. The molecule has 0 saturated heterocycles. The van der Waals surface area contributed by atoms with Crippen molar-refractivity contribution in [1.82, 2.24) is 10.3 Å². The fourth-order valence-corrected chi connectivity index (χ4v) is 4.23. The smallest absolute Gasteiger partial charge is 0.263 e. The number of nitrogens with one attached hydrogen (secondary N) is 2. The molecule has 0 fully saturated rings. The summed E-state index contributed by atoms with van der Waals surface area (Å²) in [5, 5.41) is 4.51. The van der Waals surface area contributed by atoms with E-state index >= 15 is 0 Å². The summed E-state index contributed by atoms with van der Waals surface area (Å²) in [7, 11) is 1.61. The number of hydrogen-bond donors (Lipinski definition) is 2. The molecule has 0 bridgehead atoms. The van der Waals surface area contributed by atoms with Crippen LogP contribution in [-0.2, 0) is 11.2 Å². The number of ether oxygens (including phenoxy) is 1. The van der Waals surface area contributed by atoms with Crippen molar-refractivity contribution in [3.63, 3.8) is 0 Å². The monoisotopic (exact) mass is 507 g/mol. The van der Waals surface area contributed by atoms with Gasteiger partial charge < -0.3 is 10.1 Å². The van der Waals surface area contributed by atoms with Gasteiger partial charge in [0.25, 0.3) is 11.8 Å². The summed E-state index contributed by atoms with van der Waals surface area (Å²) in [6.45, 7) is 4.24. The topological polar surface area (TPSA) is 70.7 Å². The van der Waals surface area contributed by atoms with Crippen molar-refractivity contribution in [2.45, 2.75) is 26.3 Å². The molecule has 0 aliphatic rings. The predicted molar refractivity (Wildman–Crippen MR) is 152 cm³/mol. The lowest BCUT2D eigenvalue weighted by molar-refractivity contribution is -0.131. The van der Waals surface area contributed by atoms with Crippen LogP contribution < -0.4 is 15.5 Å². The van der Waals surface area contributed by atoms with Crippen molar-refractivity contribution < 1.29 is 14.3 Å². The molecule has 0 aliphatic heterocycles. The van der Waals surface area contributed by atoms with Crippen LogP contribution in [0.3, 0.4) is 0 Å². The van der Waals surface area contributed by atoms with Crippen LogP contribution in [0.1, 0.15) is 28.4 Å². The van der Waals surface area contributed by atoms with E-state index in [0.29, 0.717) is 18.5 Å². The fraction of sp³-hybridized carbons (Fsp3) is 0.188. The van der Waals surface area contributed by atoms with Crippen molar-refractivity contribution in [2.24, 2.45) is 0 Å². The van der Waals surface area contributed by atoms with Gasteiger partial charge in [-0.05, 0) is 66.9 Å². The maximum absolute atomic E-state index is 13.8. The Morgan fingerprint density at radius 1 is 0.842 bits per heavy atom. The molecule has 2 amide bonds. The summed E-state index contributed by atoms with van der Waals surface area (Å²) in [4.78, 5) is 26.9. The number of likely N-dealkylation sites (N-methyl/N-ethyl adjacent to an activating group) is 1. The van der Waals surface area contributed by atoms with E-state index in [1.54, 1.807) is 13.2 Å². The lowest BCUT2D eigenvalue weighted by atomic mass is 10.00. The normalized spacial score (nSPS) is 11.3. The highest BCUT2D eigenvalue weighted by Gasteiger charge is 2.26. The van der Waals surface area contributed by atoms with Gasteiger partial charge in [0.15, 0.2) is 0 Å². The molecule has 4 aromatic rings. The Kier molecular flexibility index (Phi) is 8.77. The van der Waals surface area contributed by atoms with E-state index in [4.69, 9.17) is 4.74 Å². The number of nitrogens with zero attached hydrogens (tertiary/aromatic N) is 1. The van der Waals surface area contributed by atoms with Gasteiger partial charge in [0.1, 0.15) is 11.8 Å². The summed E-state index contributed by atoms with van der Waals surface area (Å²) < 4.78 is 5.23. The molecule has 0 radical (unpaired) electrons. The number of amides is 2. The van der Waals surface area contributed by atoms with E-state index < -0.39 is 6.04 Å². The zero-order valence-corrected chi connectivity index (χ0v) is 22.0. The third kappa shape index (κ3) is 6.79. The zero-order chi connectivity index (χ0) is 26.9. The van der Waals surface area contributed by atoms with Crippen molar-refractivity contribution in [3.05, 3.63) is 120 Å². The molecule has 0 aromatic heterocycles. The summed E-state index contributed by atoms with van der Waals surface area (Å²) in [6, 6.07) is 32.2.